The lowest BCUT2D eigenvalue weighted by Gasteiger charge is -2.10. The predicted molar refractivity (Wildman–Crippen MR) is 64.4 cm³/mol. The summed E-state index contributed by atoms with van der Waals surface area (Å²) in [4.78, 5) is 12.0. The number of carbonyl (C=O) groups excluding carboxylic acids is 1. The van der Waals surface area contributed by atoms with Crippen LogP contribution in [0.15, 0.2) is 30.5 Å². The van der Waals surface area contributed by atoms with E-state index in [1.54, 1.807) is 13.0 Å². The van der Waals surface area contributed by atoms with Crippen molar-refractivity contribution in [3.63, 3.8) is 0 Å². The number of hydrogen-bond donors (Lipinski definition) is 2. The van der Waals surface area contributed by atoms with Crippen LogP contribution in [0.2, 0.25) is 0 Å². The van der Waals surface area contributed by atoms with Crippen LogP contribution in [-0.4, -0.2) is 22.7 Å². The summed E-state index contributed by atoms with van der Waals surface area (Å²) in [6, 6.07) is 5.78. The highest BCUT2D eigenvalue weighted by molar-refractivity contribution is 6.06. The number of alkyl halides is 2. The highest BCUT2D eigenvalue weighted by atomic mass is 19.3. The molecule has 2 aromatic rings. The van der Waals surface area contributed by atoms with Crippen LogP contribution < -0.4 is 10.1 Å². The summed E-state index contributed by atoms with van der Waals surface area (Å²) in [7, 11) is 0. The minimum atomic E-state index is -2.98. The molecule has 0 unspecified atom stereocenters. The minimum Gasteiger partial charge on any atom is -0.434 e. The van der Waals surface area contributed by atoms with Crippen molar-refractivity contribution in [3.8, 4) is 5.75 Å². The number of ether oxygens (including phenoxy) is 1. The lowest BCUT2D eigenvalue weighted by Crippen LogP contribution is -2.15. The van der Waals surface area contributed by atoms with Crippen molar-refractivity contribution in [1.29, 1.82) is 0 Å². The van der Waals surface area contributed by atoms with Gasteiger partial charge in [0.05, 0.1) is 11.8 Å². The molecule has 19 heavy (non-hydrogen) atoms. The van der Waals surface area contributed by atoms with Crippen molar-refractivity contribution in [2.45, 2.75) is 13.5 Å². The van der Waals surface area contributed by atoms with E-state index < -0.39 is 12.5 Å². The second kappa shape index (κ2) is 5.47. The lowest BCUT2D eigenvalue weighted by atomic mass is 10.2. The Labute approximate surface area is 107 Å². The Bertz CT molecular complexity index is 584. The molecule has 0 saturated carbocycles. The highest BCUT2D eigenvalue weighted by Crippen LogP contribution is 2.21. The summed E-state index contributed by atoms with van der Waals surface area (Å²) >= 11 is 0. The number of rotatable bonds is 4. The molecule has 0 aliphatic heterocycles. The number of para-hydroxylation sites is 1. The molecule has 100 valence electrons. The molecule has 0 fully saturated rings. The Hall–Kier alpha value is -2.44. The largest absolute Gasteiger partial charge is 0.434 e. The molecular weight excluding hydrogens is 256 g/mol. The van der Waals surface area contributed by atoms with Gasteiger partial charge in [0.25, 0.3) is 5.91 Å². The number of amides is 1. The van der Waals surface area contributed by atoms with Crippen molar-refractivity contribution in [3.05, 3.63) is 41.6 Å². The molecule has 2 N–H and O–H groups in total. The standard InChI is InChI=1S/C12H11F2N3O2/c1-7-6-15-17-10(7)16-11(18)8-4-2-3-5-9(8)19-12(13)14/h2-6,12H,1H3,(H2,15,16,17,18). The van der Waals surface area contributed by atoms with Gasteiger partial charge in [-0.15, -0.1) is 0 Å². The molecule has 0 aliphatic carbocycles. The molecule has 1 heterocycles. The van der Waals surface area contributed by atoms with Gasteiger partial charge in [0.1, 0.15) is 11.6 Å². The molecule has 1 amide bonds. The number of nitrogens with one attached hydrogen (secondary N) is 2. The van der Waals surface area contributed by atoms with Gasteiger partial charge in [-0.2, -0.15) is 13.9 Å². The van der Waals surface area contributed by atoms with Crippen LogP contribution in [0, 0.1) is 6.92 Å². The van der Waals surface area contributed by atoms with Crippen molar-refractivity contribution in [1.82, 2.24) is 10.2 Å². The number of carbonyl (C=O) groups is 1. The van der Waals surface area contributed by atoms with Crippen molar-refractivity contribution in [2.75, 3.05) is 5.32 Å². The molecule has 0 spiro atoms. The third kappa shape index (κ3) is 3.06. The van der Waals surface area contributed by atoms with Gasteiger partial charge in [-0.25, -0.2) is 0 Å². The monoisotopic (exact) mass is 267 g/mol. The number of aryl methyl sites for hydroxylation is 1. The molecule has 5 nitrogen and oxygen atoms in total. The van der Waals surface area contributed by atoms with E-state index in [1.165, 1.54) is 24.4 Å². The van der Waals surface area contributed by atoms with Crippen molar-refractivity contribution >= 4 is 11.7 Å². The molecule has 2 rings (SSSR count). The van der Waals surface area contributed by atoms with E-state index >= 15 is 0 Å². The predicted octanol–water partition coefficient (Wildman–Crippen LogP) is 2.57. The highest BCUT2D eigenvalue weighted by Gasteiger charge is 2.16. The Morgan fingerprint density at radius 2 is 2.16 bits per heavy atom. The second-order valence-corrected chi connectivity index (χ2v) is 3.76. The van der Waals surface area contributed by atoms with E-state index in [4.69, 9.17) is 0 Å². The lowest BCUT2D eigenvalue weighted by molar-refractivity contribution is -0.0501. The molecule has 0 bridgehead atoms. The first-order valence-corrected chi connectivity index (χ1v) is 5.43. The van der Waals surface area contributed by atoms with Gasteiger partial charge in [-0.3, -0.25) is 9.89 Å². The number of aromatic nitrogens is 2. The Morgan fingerprint density at radius 1 is 1.42 bits per heavy atom. The zero-order valence-electron chi connectivity index (χ0n) is 9.98. The Kier molecular flexibility index (Phi) is 3.74. The minimum absolute atomic E-state index is 0.0248. The van der Waals surface area contributed by atoms with Crippen LogP contribution in [0.5, 0.6) is 5.75 Å². The van der Waals surface area contributed by atoms with Gasteiger partial charge in [-0.1, -0.05) is 12.1 Å². The van der Waals surface area contributed by atoms with E-state index in [2.05, 4.69) is 20.3 Å². The summed E-state index contributed by atoms with van der Waals surface area (Å²) < 4.78 is 28.8. The fourth-order valence-corrected chi connectivity index (χ4v) is 1.51. The average Bonchev–Trinajstić information content (AvgIpc) is 2.75. The molecule has 7 heteroatoms. The zero-order chi connectivity index (χ0) is 13.8. The summed E-state index contributed by atoms with van der Waals surface area (Å²) in [5, 5.41) is 8.88. The van der Waals surface area contributed by atoms with E-state index in [0.717, 1.165) is 5.56 Å². The number of H-pyrrole nitrogens is 1. The maximum absolute atomic E-state index is 12.2. The van der Waals surface area contributed by atoms with Crippen LogP contribution in [0.4, 0.5) is 14.6 Å². The van der Waals surface area contributed by atoms with E-state index in [0.29, 0.717) is 5.82 Å². The van der Waals surface area contributed by atoms with E-state index in [-0.39, 0.29) is 11.3 Å². The number of benzene rings is 1. The van der Waals surface area contributed by atoms with E-state index in [9.17, 15) is 13.6 Å². The number of hydrogen-bond acceptors (Lipinski definition) is 3. The molecule has 0 saturated heterocycles. The molecule has 0 radical (unpaired) electrons. The van der Waals surface area contributed by atoms with Gasteiger partial charge in [0.15, 0.2) is 0 Å². The smallest absolute Gasteiger partial charge is 0.387 e. The SMILES string of the molecule is Cc1cn[nH]c1NC(=O)c1ccccc1OC(F)F. The number of anilines is 1. The first-order chi connectivity index (χ1) is 9.08. The van der Waals surface area contributed by atoms with Crippen LogP contribution in [0.3, 0.4) is 0 Å². The third-order valence-electron chi connectivity index (χ3n) is 2.42. The van der Waals surface area contributed by atoms with Crippen LogP contribution >= 0.6 is 0 Å². The number of nitrogens with zero attached hydrogens (tertiary/aromatic N) is 1. The zero-order valence-corrected chi connectivity index (χ0v) is 9.98. The average molecular weight is 267 g/mol. The number of halogens is 2. The second-order valence-electron chi connectivity index (χ2n) is 3.76. The van der Waals surface area contributed by atoms with Gasteiger partial charge in [0, 0.05) is 5.56 Å². The normalized spacial score (nSPS) is 10.5. The fourth-order valence-electron chi connectivity index (χ4n) is 1.51. The molecule has 0 atom stereocenters. The van der Waals surface area contributed by atoms with Gasteiger partial charge < -0.3 is 10.1 Å². The summed E-state index contributed by atoms with van der Waals surface area (Å²) in [5.41, 5.74) is 0.761. The topological polar surface area (TPSA) is 67.0 Å². The molecule has 0 aliphatic rings. The molecule has 1 aromatic carbocycles. The molecular formula is C12H11F2N3O2. The Morgan fingerprint density at radius 3 is 2.79 bits per heavy atom. The third-order valence-corrected chi connectivity index (χ3v) is 2.42. The summed E-state index contributed by atoms with van der Waals surface area (Å²) in [6.45, 7) is -1.23. The van der Waals surface area contributed by atoms with Crippen molar-refractivity contribution in [2.24, 2.45) is 0 Å². The quantitative estimate of drug-likeness (QED) is 0.894. The van der Waals surface area contributed by atoms with Gasteiger partial charge in [0.2, 0.25) is 0 Å². The van der Waals surface area contributed by atoms with Crippen LogP contribution in [0.25, 0.3) is 0 Å². The number of aromatic amines is 1. The van der Waals surface area contributed by atoms with Crippen LogP contribution in [-0.2, 0) is 0 Å². The maximum Gasteiger partial charge on any atom is 0.387 e. The summed E-state index contributed by atoms with van der Waals surface area (Å²) in [6.07, 6.45) is 1.54. The Balaban J connectivity index is 2.21. The summed E-state index contributed by atoms with van der Waals surface area (Å²) in [5.74, 6) is -0.312. The van der Waals surface area contributed by atoms with Crippen molar-refractivity contribution < 1.29 is 18.3 Å². The fraction of sp³-hybridized carbons (Fsp3) is 0.167. The maximum atomic E-state index is 12.2. The van der Waals surface area contributed by atoms with Gasteiger partial charge in [-0.05, 0) is 19.1 Å². The first kappa shape index (κ1) is 13.0. The first-order valence-electron chi connectivity index (χ1n) is 5.43. The van der Waals surface area contributed by atoms with E-state index in [1.807, 2.05) is 0 Å². The molecule has 1 aromatic heterocycles. The van der Waals surface area contributed by atoms with Gasteiger partial charge >= 0.3 is 6.61 Å². The van der Waals surface area contributed by atoms with Crippen LogP contribution in [0.1, 0.15) is 15.9 Å².